The summed E-state index contributed by atoms with van der Waals surface area (Å²) in [6, 6.07) is 0. The maximum Gasteiger partial charge on any atom is 0.306 e. The van der Waals surface area contributed by atoms with Crippen molar-refractivity contribution >= 4 is 17.9 Å². The number of esters is 3. The third-order valence-corrected chi connectivity index (χ3v) is 11.0. The van der Waals surface area contributed by atoms with Gasteiger partial charge < -0.3 is 14.2 Å². The number of hydrogen-bond donors (Lipinski definition) is 0. The summed E-state index contributed by atoms with van der Waals surface area (Å²) in [4.78, 5) is 37.8. The summed E-state index contributed by atoms with van der Waals surface area (Å²) in [7, 11) is 0. The lowest BCUT2D eigenvalue weighted by molar-refractivity contribution is -0.167. The Kier molecular flexibility index (Phi) is 47.4. The van der Waals surface area contributed by atoms with Crippen LogP contribution in [-0.4, -0.2) is 37.2 Å². The maximum atomic E-state index is 12.7. The topological polar surface area (TPSA) is 78.9 Å². The van der Waals surface area contributed by atoms with Crippen molar-refractivity contribution in [1.82, 2.24) is 0 Å². The minimum absolute atomic E-state index is 0.0773. The first-order chi connectivity index (χ1) is 30.0. The smallest absolute Gasteiger partial charge is 0.306 e. The van der Waals surface area contributed by atoms with E-state index in [9.17, 15) is 14.4 Å². The second-order valence-corrected chi connectivity index (χ2v) is 17.1. The highest BCUT2D eigenvalue weighted by Crippen LogP contribution is 2.15. The molecule has 352 valence electrons. The molecule has 6 heteroatoms. The first-order valence-corrected chi connectivity index (χ1v) is 25.8. The number of rotatable bonds is 46. The largest absolute Gasteiger partial charge is 0.462 e. The summed E-state index contributed by atoms with van der Waals surface area (Å²) in [6.45, 7) is 6.46. The zero-order valence-corrected chi connectivity index (χ0v) is 40.2. The standard InChI is InChI=1S/C55H96O6/c1-4-7-10-13-16-19-21-23-24-25-26-27-28-29-30-31-32-33-35-36-39-42-45-48-54(57)60-51-52(50-59-53(56)47-44-41-38-18-15-12-9-6-3)61-55(58)49-46-43-40-37-34-22-20-17-14-11-8-5-2/h7,10,16-17,19-20,23-24,26-27,52H,4-6,8-9,11-15,18,21-22,25,28-51H2,1-3H3/b10-7-,19-16-,20-17-,24-23-,27-26-. The monoisotopic (exact) mass is 853 g/mol. The molecular weight excluding hydrogens is 757 g/mol. The van der Waals surface area contributed by atoms with E-state index in [1.54, 1.807) is 0 Å². The summed E-state index contributed by atoms with van der Waals surface area (Å²) in [6.07, 6.45) is 60.7. The van der Waals surface area contributed by atoms with Crippen LogP contribution in [0.1, 0.15) is 252 Å². The summed E-state index contributed by atoms with van der Waals surface area (Å²) in [5.41, 5.74) is 0. The van der Waals surface area contributed by atoms with Gasteiger partial charge in [0, 0.05) is 19.3 Å². The fourth-order valence-electron chi connectivity index (χ4n) is 7.13. The van der Waals surface area contributed by atoms with Crippen molar-refractivity contribution < 1.29 is 28.6 Å². The summed E-state index contributed by atoms with van der Waals surface area (Å²) in [5, 5.41) is 0. The predicted octanol–water partition coefficient (Wildman–Crippen LogP) is 16.9. The molecule has 0 aromatic carbocycles. The van der Waals surface area contributed by atoms with Crippen LogP contribution in [0, 0.1) is 0 Å². The Morgan fingerprint density at radius 3 is 1.05 bits per heavy atom. The number of allylic oxidation sites excluding steroid dienone is 10. The Labute approximate surface area is 377 Å². The molecule has 0 radical (unpaired) electrons. The number of carbonyl (C=O) groups is 3. The number of ether oxygens (including phenoxy) is 3. The van der Waals surface area contributed by atoms with Crippen molar-refractivity contribution in [1.29, 1.82) is 0 Å². The van der Waals surface area contributed by atoms with Gasteiger partial charge in [-0.15, -0.1) is 0 Å². The van der Waals surface area contributed by atoms with E-state index in [1.807, 2.05) is 0 Å². The highest BCUT2D eigenvalue weighted by Gasteiger charge is 2.19. The second kappa shape index (κ2) is 49.8. The zero-order chi connectivity index (χ0) is 44.4. The quantitative estimate of drug-likeness (QED) is 0.0263. The molecule has 0 aliphatic carbocycles. The first-order valence-electron chi connectivity index (χ1n) is 25.8. The van der Waals surface area contributed by atoms with Crippen LogP contribution in [0.5, 0.6) is 0 Å². The van der Waals surface area contributed by atoms with Crippen molar-refractivity contribution in [2.45, 2.75) is 258 Å². The van der Waals surface area contributed by atoms with E-state index in [-0.39, 0.29) is 31.1 Å². The molecule has 1 atom stereocenters. The van der Waals surface area contributed by atoms with Gasteiger partial charge in [0.25, 0.3) is 0 Å². The molecular formula is C55H96O6. The summed E-state index contributed by atoms with van der Waals surface area (Å²) < 4.78 is 16.7. The number of hydrogen-bond acceptors (Lipinski definition) is 6. The van der Waals surface area contributed by atoms with Gasteiger partial charge in [-0.1, -0.05) is 210 Å². The molecule has 1 unspecified atom stereocenters. The van der Waals surface area contributed by atoms with E-state index in [2.05, 4.69) is 81.5 Å². The highest BCUT2D eigenvalue weighted by molar-refractivity contribution is 5.71. The third-order valence-electron chi connectivity index (χ3n) is 11.0. The van der Waals surface area contributed by atoms with E-state index >= 15 is 0 Å². The summed E-state index contributed by atoms with van der Waals surface area (Å²) >= 11 is 0. The lowest BCUT2D eigenvalue weighted by atomic mass is 10.1. The molecule has 0 spiro atoms. The van der Waals surface area contributed by atoms with Gasteiger partial charge in [-0.2, -0.15) is 0 Å². The Morgan fingerprint density at radius 1 is 0.344 bits per heavy atom. The average Bonchev–Trinajstić information content (AvgIpc) is 3.26. The molecule has 0 bridgehead atoms. The normalized spacial score (nSPS) is 12.5. The van der Waals surface area contributed by atoms with Crippen molar-refractivity contribution in [2.24, 2.45) is 0 Å². The maximum absolute atomic E-state index is 12.7. The number of unbranched alkanes of at least 4 members (excludes halogenated alkanes) is 25. The van der Waals surface area contributed by atoms with Gasteiger partial charge >= 0.3 is 17.9 Å². The molecule has 0 saturated carbocycles. The number of carbonyl (C=O) groups excluding carboxylic acids is 3. The van der Waals surface area contributed by atoms with Crippen molar-refractivity contribution in [3.63, 3.8) is 0 Å². The van der Waals surface area contributed by atoms with Crippen molar-refractivity contribution in [3.8, 4) is 0 Å². The minimum Gasteiger partial charge on any atom is -0.462 e. The van der Waals surface area contributed by atoms with E-state index in [4.69, 9.17) is 14.2 Å². The molecule has 0 saturated heterocycles. The Balaban J connectivity index is 4.21. The van der Waals surface area contributed by atoms with Gasteiger partial charge in [-0.25, -0.2) is 0 Å². The Morgan fingerprint density at radius 2 is 0.639 bits per heavy atom. The second-order valence-electron chi connectivity index (χ2n) is 17.1. The molecule has 0 aliphatic heterocycles. The highest BCUT2D eigenvalue weighted by atomic mass is 16.6. The van der Waals surface area contributed by atoms with Gasteiger partial charge in [-0.3, -0.25) is 14.4 Å². The molecule has 0 fully saturated rings. The van der Waals surface area contributed by atoms with Crippen LogP contribution in [0.3, 0.4) is 0 Å². The van der Waals surface area contributed by atoms with E-state index in [1.165, 1.54) is 116 Å². The fraction of sp³-hybridized carbons (Fsp3) is 0.764. The summed E-state index contributed by atoms with van der Waals surface area (Å²) in [5.74, 6) is -0.892. The lowest BCUT2D eigenvalue weighted by Gasteiger charge is -2.18. The molecule has 6 nitrogen and oxygen atoms in total. The molecule has 61 heavy (non-hydrogen) atoms. The molecule has 0 heterocycles. The van der Waals surface area contributed by atoms with Gasteiger partial charge in [-0.05, 0) is 83.5 Å². The van der Waals surface area contributed by atoms with Crippen LogP contribution in [0.4, 0.5) is 0 Å². The first kappa shape index (κ1) is 58.1. The van der Waals surface area contributed by atoms with Gasteiger partial charge in [0.05, 0.1) is 0 Å². The molecule has 0 N–H and O–H groups in total. The Bertz CT molecular complexity index is 1120. The molecule has 0 aromatic heterocycles. The van der Waals surface area contributed by atoms with Crippen LogP contribution in [0.2, 0.25) is 0 Å². The van der Waals surface area contributed by atoms with Gasteiger partial charge in [0.15, 0.2) is 6.10 Å². The van der Waals surface area contributed by atoms with Crippen molar-refractivity contribution in [2.75, 3.05) is 13.2 Å². The fourth-order valence-corrected chi connectivity index (χ4v) is 7.13. The van der Waals surface area contributed by atoms with Crippen LogP contribution in [-0.2, 0) is 28.6 Å². The third kappa shape index (κ3) is 48.0. The van der Waals surface area contributed by atoms with Gasteiger partial charge in [0.1, 0.15) is 13.2 Å². The van der Waals surface area contributed by atoms with Crippen LogP contribution in [0.15, 0.2) is 60.8 Å². The van der Waals surface area contributed by atoms with Crippen molar-refractivity contribution in [3.05, 3.63) is 60.8 Å². The van der Waals surface area contributed by atoms with Gasteiger partial charge in [0.2, 0.25) is 0 Å². The lowest BCUT2D eigenvalue weighted by Crippen LogP contribution is -2.30. The van der Waals surface area contributed by atoms with E-state index in [0.717, 1.165) is 96.3 Å². The SMILES string of the molecule is CC/C=C\C/C=C\C/C=C\C/C=C\CCCCCCCCCCCCC(=O)OCC(COC(=O)CCCCCCCCCC)OC(=O)CCCCCCC/C=C\CCCCC. The minimum atomic E-state index is -0.775. The van der Waals surface area contributed by atoms with Crippen LogP contribution >= 0.6 is 0 Å². The van der Waals surface area contributed by atoms with E-state index < -0.39 is 6.10 Å². The molecule has 0 aliphatic rings. The van der Waals surface area contributed by atoms with Crippen LogP contribution in [0.25, 0.3) is 0 Å². The Hall–Kier alpha value is -2.89. The molecule has 0 aromatic rings. The van der Waals surface area contributed by atoms with Crippen LogP contribution < -0.4 is 0 Å². The van der Waals surface area contributed by atoms with E-state index in [0.29, 0.717) is 19.3 Å². The molecule has 0 rings (SSSR count). The predicted molar refractivity (Wildman–Crippen MR) is 261 cm³/mol. The zero-order valence-electron chi connectivity index (χ0n) is 40.2. The average molecular weight is 853 g/mol. The molecule has 0 amide bonds.